The van der Waals surface area contributed by atoms with E-state index in [1.54, 1.807) is 6.20 Å². The van der Waals surface area contributed by atoms with Gasteiger partial charge in [0.05, 0.1) is 6.33 Å². The lowest BCUT2D eigenvalue weighted by molar-refractivity contribution is -0.138. The molecular weight excluding hydrogens is 380 g/mol. The van der Waals surface area contributed by atoms with Gasteiger partial charge in [-0.05, 0) is 68.5 Å². The van der Waals surface area contributed by atoms with Crippen molar-refractivity contribution in [3.63, 3.8) is 0 Å². The number of piperidine rings is 1. The summed E-state index contributed by atoms with van der Waals surface area (Å²) in [4.78, 5) is 19.4. The minimum Gasteiger partial charge on any atom is -0.508 e. The Morgan fingerprint density at radius 3 is 2.97 bits per heavy atom. The molecule has 162 valence electrons. The summed E-state index contributed by atoms with van der Waals surface area (Å²) < 4.78 is 0. The number of nitrogens with one attached hydrogen (secondary N) is 1. The molecular formula is C23H32N4O3. The molecule has 30 heavy (non-hydrogen) atoms. The molecule has 3 aliphatic rings. The van der Waals surface area contributed by atoms with Gasteiger partial charge >= 0.3 is 5.97 Å². The molecule has 0 unspecified atom stereocenters. The number of carboxylic acids is 1. The minimum absolute atomic E-state index is 0.287. The van der Waals surface area contributed by atoms with Gasteiger partial charge in [0.2, 0.25) is 0 Å². The molecule has 2 fully saturated rings. The van der Waals surface area contributed by atoms with E-state index >= 15 is 0 Å². The topological polar surface area (TPSA) is 115 Å². The fraction of sp³-hybridized carbons (Fsp3) is 0.565. The summed E-state index contributed by atoms with van der Waals surface area (Å²) in [5.41, 5.74) is 9.35. The van der Waals surface area contributed by atoms with Crippen LogP contribution in [0.1, 0.15) is 48.9 Å². The Bertz CT molecular complexity index is 885. The Morgan fingerprint density at radius 2 is 2.23 bits per heavy atom. The molecule has 2 aliphatic carbocycles. The molecule has 5 N–H and O–H groups in total. The highest BCUT2D eigenvalue weighted by Gasteiger charge is 2.52. The minimum atomic E-state index is -1.00. The van der Waals surface area contributed by atoms with E-state index in [2.05, 4.69) is 34.0 Å². The summed E-state index contributed by atoms with van der Waals surface area (Å²) in [7, 11) is 2.30. The van der Waals surface area contributed by atoms with Gasteiger partial charge in [-0.1, -0.05) is 18.9 Å². The van der Waals surface area contributed by atoms with E-state index in [9.17, 15) is 9.90 Å². The molecule has 1 aromatic heterocycles. The maximum absolute atomic E-state index is 10.3. The van der Waals surface area contributed by atoms with Crippen molar-refractivity contribution in [1.29, 1.82) is 0 Å². The number of nitrogens with zero attached hydrogens (tertiary/aromatic N) is 2. The van der Waals surface area contributed by atoms with Crippen LogP contribution in [0.5, 0.6) is 5.75 Å². The number of carboxylic acid groups (broad SMARTS) is 1. The molecule has 2 heterocycles. The van der Waals surface area contributed by atoms with Gasteiger partial charge in [-0.25, -0.2) is 4.98 Å². The average Bonchev–Trinajstić information content (AvgIpc) is 3.24. The molecule has 7 heteroatoms. The van der Waals surface area contributed by atoms with Crippen LogP contribution >= 0.6 is 0 Å². The highest BCUT2D eigenvalue weighted by atomic mass is 16.4. The number of hydrogen-bond donors (Lipinski definition) is 4. The van der Waals surface area contributed by atoms with Gasteiger partial charge in [0.15, 0.2) is 0 Å². The summed E-state index contributed by atoms with van der Waals surface area (Å²) in [6.45, 7) is 1.22. The number of likely N-dealkylation sites (N-methyl/N-ethyl adjacent to an activating group) is 1. The average molecular weight is 413 g/mol. The zero-order valence-corrected chi connectivity index (χ0v) is 17.6. The molecule has 4 atom stereocenters. The number of aromatic hydroxyl groups is 1. The van der Waals surface area contributed by atoms with Gasteiger partial charge in [0.1, 0.15) is 11.8 Å². The van der Waals surface area contributed by atoms with Gasteiger partial charge in [0.25, 0.3) is 0 Å². The number of imidazole rings is 1. The van der Waals surface area contributed by atoms with Crippen LogP contribution in [0.25, 0.3) is 0 Å². The summed E-state index contributed by atoms with van der Waals surface area (Å²) in [5, 5.41) is 18.3. The van der Waals surface area contributed by atoms with Crippen molar-refractivity contribution >= 4 is 5.97 Å². The second-order valence-electron chi connectivity index (χ2n) is 9.08. The standard InChI is InChI=1S/C17H23NO.C6H9N3O2/c1-18-9-8-17-7-3-2-4-14(17)16(18)10-12-5-6-13(19)11-15(12)17;7-5(6(10)11)1-4-2-8-3-9-4/h5-6,11,14,16,19H,2-4,7-10H2,1H3;2-3,5H,1,7H2,(H,8,9)(H,10,11)/t14-,16+,17+;5-/m00/s1. The molecule has 1 aromatic carbocycles. The fourth-order valence-electron chi connectivity index (χ4n) is 5.91. The number of phenolic OH excluding ortho intramolecular Hbond substituents is 1. The van der Waals surface area contributed by atoms with E-state index in [0.717, 1.165) is 17.7 Å². The predicted molar refractivity (Wildman–Crippen MR) is 114 cm³/mol. The monoisotopic (exact) mass is 412 g/mol. The van der Waals surface area contributed by atoms with Crippen molar-refractivity contribution in [3.8, 4) is 5.75 Å². The van der Waals surface area contributed by atoms with E-state index in [1.165, 1.54) is 62.5 Å². The van der Waals surface area contributed by atoms with E-state index in [0.29, 0.717) is 11.2 Å². The quantitative estimate of drug-likeness (QED) is 0.615. The highest BCUT2D eigenvalue weighted by molar-refractivity contribution is 5.73. The number of aromatic amines is 1. The smallest absolute Gasteiger partial charge is 0.320 e. The molecule has 0 amide bonds. The number of likely N-dealkylation sites (tertiary alicyclic amines) is 1. The number of aliphatic carboxylic acids is 1. The van der Waals surface area contributed by atoms with E-state index in [4.69, 9.17) is 10.8 Å². The van der Waals surface area contributed by atoms with Crippen molar-refractivity contribution in [2.45, 2.75) is 62.4 Å². The maximum Gasteiger partial charge on any atom is 0.320 e. The van der Waals surface area contributed by atoms with Gasteiger partial charge < -0.3 is 25.8 Å². The number of carbonyl (C=O) groups is 1. The number of benzene rings is 1. The number of nitrogens with two attached hydrogens (primary N) is 1. The molecule has 1 saturated heterocycles. The lowest BCUT2D eigenvalue weighted by Gasteiger charge is -2.58. The van der Waals surface area contributed by atoms with Crippen LogP contribution in [-0.4, -0.2) is 56.7 Å². The summed E-state index contributed by atoms with van der Waals surface area (Å²) in [6, 6.07) is 5.99. The number of fused-ring (bicyclic) bond motifs is 1. The zero-order valence-electron chi connectivity index (χ0n) is 17.6. The van der Waals surface area contributed by atoms with Crippen molar-refractivity contribution in [3.05, 3.63) is 47.5 Å². The molecule has 2 aromatic rings. The number of aromatic nitrogens is 2. The summed E-state index contributed by atoms with van der Waals surface area (Å²) >= 11 is 0. The van der Waals surface area contributed by atoms with Crippen LogP contribution < -0.4 is 5.73 Å². The van der Waals surface area contributed by atoms with Gasteiger partial charge in [-0.3, -0.25) is 4.79 Å². The molecule has 0 radical (unpaired) electrons. The first-order valence-corrected chi connectivity index (χ1v) is 10.9. The molecule has 0 spiro atoms. The third kappa shape index (κ3) is 3.84. The first kappa shape index (κ1) is 20.9. The van der Waals surface area contributed by atoms with Crippen molar-refractivity contribution in [2.75, 3.05) is 13.6 Å². The van der Waals surface area contributed by atoms with Crippen molar-refractivity contribution < 1.29 is 15.0 Å². The van der Waals surface area contributed by atoms with Gasteiger partial charge in [-0.15, -0.1) is 0 Å². The third-order valence-electron chi connectivity index (χ3n) is 7.41. The molecule has 1 aliphatic heterocycles. The predicted octanol–water partition coefficient (Wildman–Crippen LogP) is 2.44. The first-order chi connectivity index (χ1) is 14.4. The van der Waals surface area contributed by atoms with Crippen molar-refractivity contribution in [2.24, 2.45) is 11.7 Å². The normalized spacial score (nSPS) is 28.5. The fourth-order valence-corrected chi connectivity index (χ4v) is 5.91. The number of H-pyrrole nitrogens is 1. The molecule has 7 nitrogen and oxygen atoms in total. The van der Waals surface area contributed by atoms with Crippen LogP contribution in [0, 0.1) is 5.92 Å². The zero-order chi connectivity index (χ0) is 21.3. The number of phenols is 1. The Morgan fingerprint density at radius 1 is 1.40 bits per heavy atom. The maximum atomic E-state index is 10.3. The lowest BCUT2D eigenvalue weighted by Crippen LogP contribution is -2.59. The van der Waals surface area contributed by atoms with Crippen molar-refractivity contribution in [1.82, 2.24) is 14.9 Å². The molecule has 5 rings (SSSR count). The van der Waals surface area contributed by atoms with Crippen LogP contribution in [0.15, 0.2) is 30.7 Å². The molecule has 1 saturated carbocycles. The van der Waals surface area contributed by atoms with E-state index < -0.39 is 12.0 Å². The van der Waals surface area contributed by atoms with Crippen LogP contribution in [0.2, 0.25) is 0 Å². The Hall–Kier alpha value is -2.38. The van der Waals surface area contributed by atoms with E-state index in [1.807, 2.05) is 6.07 Å². The van der Waals surface area contributed by atoms with Gasteiger partial charge in [0, 0.05) is 29.8 Å². The highest BCUT2D eigenvalue weighted by Crippen LogP contribution is 2.55. The number of rotatable bonds is 3. The van der Waals surface area contributed by atoms with Crippen LogP contribution in [0.4, 0.5) is 0 Å². The molecule has 2 bridgehead atoms. The van der Waals surface area contributed by atoms with Crippen LogP contribution in [0.3, 0.4) is 0 Å². The summed E-state index contributed by atoms with van der Waals surface area (Å²) in [5.74, 6) is 0.267. The third-order valence-corrected chi connectivity index (χ3v) is 7.41. The largest absolute Gasteiger partial charge is 0.508 e. The summed E-state index contributed by atoms with van der Waals surface area (Å²) in [6.07, 6.45) is 11.3. The lowest BCUT2D eigenvalue weighted by atomic mass is 9.52. The number of hydrogen-bond acceptors (Lipinski definition) is 5. The Balaban J connectivity index is 0.000000170. The SMILES string of the molecule is CN1CC[C@]23CCCC[C@H]2[C@H]1Cc1ccc(O)cc13.N[C@@H](Cc1cnc[nH]1)C(=O)O. The Labute approximate surface area is 177 Å². The Kier molecular flexibility index (Phi) is 5.84. The first-order valence-electron chi connectivity index (χ1n) is 10.9. The van der Waals surface area contributed by atoms with E-state index in [-0.39, 0.29) is 6.42 Å². The second-order valence-corrected chi connectivity index (χ2v) is 9.08. The van der Waals surface area contributed by atoms with Gasteiger partial charge in [-0.2, -0.15) is 0 Å². The second kappa shape index (κ2) is 8.40. The van der Waals surface area contributed by atoms with Crippen LogP contribution in [-0.2, 0) is 23.1 Å².